The topological polar surface area (TPSA) is 42.3 Å². The predicted octanol–water partition coefficient (Wildman–Crippen LogP) is 1.49. The summed E-state index contributed by atoms with van der Waals surface area (Å²) in [6, 6.07) is 0.592. The fraction of sp³-hybridized carbons (Fsp3) is 0.800. The number of nitrogens with one attached hydrogen (secondary N) is 1. The number of hydrogen-bond donors (Lipinski definition) is 1. The van der Waals surface area contributed by atoms with E-state index in [4.69, 9.17) is 4.74 Å². The van der Waals surface area contributed by atoms with E-state index >= 15 is 0 Å². The molecular weight excluding hydrogens is 252 g/mol. The highest BCUT2D eigenvalue weighted by Gasteiger charge is 2.22. The van der Waals surface area contributed by atoms with Crippen LogP contribution < -0.4 is 5.32 Å². The minimum atomic E-state index is 0.269. The molecule has 0 radical (unpaired) electrons. The fourth-order valence-electron chi connectivity index (χ4n) is 2.59. The van der Waals surface area contributed by atoms with Crippen LogP contribution in [0.15, 0.2) is 12.4 Å². The Hall–Kier alpha value is -0.910. The Labute approximate surface area is 122 Å². The minimum Gasteiger partial charge on any atom is -0.374 e. The summed E-state index contributed by atoms with van der Waals surface area (Å²) in [5.41, 5.74) is 0. The lowest BCUT2D eigenvalue weighted by molar-refractivity contribution is -0.0459. The summed E-state index contributed by atoms with van der Waals surface area (Å²) >= 11 is 0. The molecule has 20 heavy (non-hydrogen) atoms. The molecule has 0 bridgehead atoms. The van der Waals surface area contributed by atoms with E-state index in [1.165, 1.54) is 0 Å². The van der Waals surface area contributed by atoms with E-state index in [9.17, 15) is 0 Å². The predicted molar refractivity (Wildman–Crippen MR) is 80.7 cm³/mol. The number of nitrogens with zero attached hydrogens (tertiary/aromatic N) is 3. The molecule has 5 nitrogen and oxygen atoms in total. The molecule has 0 aliphatic carbocycles. The number of rotatable bonds is 7. The van der Waals surface area contributed by atoms with Gasteiger partial charge in [-0.3, -0.25) is 4.90 Å². The SMILES string of the molecule is CCCNCc1nccn1CC1CN(C(C)C)CCO1. The molecule has 1 fully saturated rings. The third-order valence-electron chi connectivity index (χ3n) is 3.81. The van der Waals surface area contributed by atoms with Gasteiger partial charge < -0.3 is 14.6 Å². The average Bonchev–Trinajstić information content (AvgIpc) is 2.87. The molecule has 2 heterocycles. The molecular formula is C15H28N4O. The van der Waals surface area contributed by atoms with Gasteiger partial charge in [0.2, 0.25) is 0 Å². The van der Waals surface area contributed by atoms with Gasteiger partial charge in [0.05, 0.1) is 25.8 Å². The van der Waals surface area contributed by atoms with Crippen molar-refractivity contribution < 1.29 is 4.74 Å². The highest BCUT2D eigenvalue weighted by Crippen LogP contribution is 2.11. The molecule has 0 aromatic carbocycles. The lowest BCUT2D eigenvalue weighted by Gasteiger charge is -2.35. The van der Waals surface area contributed by atoms with Crippen LogP contribution in [-0.4, -0.2) is 52.8 Å². The molecule has 0 saturated carbocycles. The van der Waals surface area contributed by atoms with E-state index in [2.05, 4.69) is 46.7 Å². The van der Waals surface area contributed by atoms with E-state index in [-0.39, 0.29) is 6.10 Å². The zero-order valence-electron chi connectivity index (χ0n) is 13.0. The van der Waals surface area contributed by atoms with Gasteiger partial charge in [0.1, 0.15) is 5.82 Å². The van der Waals surface area contributed by atoms with Crippen LogP contribution >= 0.6 is 0 Å². The molecule has 1 saturated heterocycles. The molecule has 1 aliphatic rings. The molecule has 114 valence electrons. The van der Waals surface area contributed by atoms with Crippen molar-refractivity contribution >= 4 is 0 Å². The Kier molecular flexibility index (Phi) is 6.01. The maximum absolute atomic E-state index is 5.90. The van der Waals surface area contributed by atoms with Crippen molar-refractivity contribution in [1.29, 1.82) is 0 Å². The Balaban J connectivity index is 1.87. The number of morpholine rings is 1. The molecule has 0 amide bonds. The number of ether oxygens (including phenoxy) is 1. The summed E-state index contributed by atoms with van der Waals surface area (Å²) in [5, 5.41) is 3.41. The smallest absolute Gasteiger partial charge is 0.122 e. The van der Waals surface area contributed by atoms with Crippen molar-refractivity contribution in [3.8, 4) is 0 Å². The van der Waals surface area contributed by atoms with E-state index in [0.29, 0.717) is 6.04 Å². The summed E-state index contributed by atoms with van der Waals surface area (Å²) in [5.74, 6) is 1.10. The van der Waals surface area contributed by atoms with Gasteiger partial charge in [0, 0.05) is 31.5 Å². The first-order valence-corrected chi connectivity index (χ1v) is 7.77. The molecule has 5 heteroatoms. The maximum Gasteiger partial charge on any atom is 0.122 e. The van der Waals surface area contributed by atoms with Crippen LogP contribution in [0.1, 0.15) is 33.0 Å². The quantitative estimate of drug-likeness (QED) is 0.769. The van der Waals surface area contributed by atoms with Crippen LogP contribution in [0.4, 0.5) is 0 Å². The molecule has 2 rings (SSSR count). The van der Waals surface area contributed by atoms with Crippen LogP contribution in [-0.2, 0) is 17.8 Å². The Morgan fingerprint density at radius 3 is 3.10 bits per heavy atom. The molecule has 1 N–H and O–H groups in total. The summed E-state index contributed by atoms with van der Waals surface area (Å²) in [7, 11) is 0. The van der Waals surface area contributed by atoms with Gasteiger partial charge in [-0.25, -0.2) is 4.98 Å². The third kappa shape index (κ3) is 4.30. The van der Waals surface area contributed by atoms with E-state index < -0.39 is 0 Å². The van der Waals surface area contributed by atoms with Crippen LogP contribution in [0, 0.1) is 0 Å². The molecule has 1 aromatic heterocycles. The molecule has 1 atom stereocenters. The Morgan fingerprint density at radius 1 is 1.50 bits per heavy atom. The Morgan fingerprint density at radius 2 is 2.35 bits per heavy atom. The van der Waals surface area contributed by atoms with E-state index in [1.807, 2.05) is 6.20 Å². The zero-order chi connectivity index (χ0) is 14.4. The second-order valence-electron chi connectivity index (χ2n) is 5.75. The average molecular weight is 280 g/mol. The first-order chi connectivity index (χ1) is 9.70. The second-order valence-corrected chi connectivity index (χ2v) is 5.75. The van der Waals surface area contributed by atoms with Gasteiger partial charge in [-0.05, 0) is 26.8 Å². The van der Waals surface area contributed by atoms with Crippen molar-refractivity contribution in [2.24, 2.45) is 0 Å². The second kappa shape index (κ2) is 7.76. The highest BCUT2D eigenvalue weighted by molar-refractivity contribution is 4.93. The van der Waals surface area contributed by atoms with Gasteiger partial charge >= 0.3 is 0 Å². The van der Waals surface area contributed by atoms with E-state index in [0.717, 1.165) is 51.6 Å². The van der Waals surface area contributed by atoms with Crippen molar-refractivity contribution in [3.63, 3.8) is 0 Å². The zero-order valence-corrected chi connectivity index (χ0v) is 13.0. The van der Waals surface area contributed by atoms with Crippen LogP contribution in [0.5, 0.6) is 0 Å². The minimum absolute atomic E-state index is 0.269. The van der Waals surface area contributed by atoms with Crippen molar-refractivity contribution in [2.75, 3.05) is 26.2 Å². The fourth-order valence-corrected chi connectivity index (χ4v) is 2.59. The van der Waals surface area contributed by atoms with Crippen LogP contribution in [0.25, 0.3) is 0 Å². The lowest BCUT2D eigenvalue weighted by atomic mass is 10.2. The first kappa shape index (κ1) is 15.5. The highest BCUT2D eigenvalue weighted by atomic mass is 16.5. The van der Waals surface area contributed by atoms with E-state index in [1.54, 1.807) is 0 Å². The van der Waals surface area contributed by atoms with Gasteiger partial charge in [0.25, 0.3) is 0 Å². The first-order valence-electron chi connectivity index (χ1n) is 7.77. The summed E-state index contributed by atoms with van der Waals surface area (Å²) < 4.78 is 8.12. The van der Waals surface area contributed by atoms with Gasteiger partial charge in [-0.2, -0.15) is 0 Å². The monoisotopic (exact) mass is 280 g/mol. The standard InChI is InChI=1S/C15H28N4O/c1-4-5-16-10-15-17-6-7-19(15)12-14-11-18(13(2)3)8-9-20-14/h6-7,13-14,16H,4-5,8-12H2,1-3H3. The number of imidazole rings is 1. The molecule has 1 aliphatic heterocycles. The molecule has 1 unspecified atom stereocenters. The number of hydrogen-bond acceptors (Lipinski definition) is 4. The maximum atomic E-state index is 5.90. The lowest BCUT2D eigenvalue weighted by Crippen LogP contribution is -2.47. The van der Waals surface area contributed by atoms with Gasteiger partial charge in [-0.15, -0.1) is 0 Å². The van der Waals surface area contributed by atoms with Gasteiger partial charge in [0.15, 0.2) is 0 Å². The molecule has 0 spiro atoms. The Bertz CT molecular complexity index is 391. The van der Waals surface area contributed by atoms with Crippen molar-refractivity contribution in [1.82, 2.24) is 19.8 Å². The van der Waals surface area contributed by atoms with Crippen molar-refractivity contribution in [2.45, 2.75) is 52.4 Å². The van der Waals surface area contributed by atoms with Crippen LogP contribution in [0.2, 0.25) is 0 Å². The summed E-state index contributed by atoms with van der Waals surface area (Å²) in [4.78, 5) is 6.93. The third-order valence-corrected chi connectivity index (χ3v) is 3.81. The van der Waals surface area contributed by atoms with Crippen molar-refractivity contribution in [3.05, 3.63) is 18.2 Å². The largest absolute Gasteiger partial charge is 0.374 e. The summed E-state index contributed by atoms with van der Waals surface area (Å²) in [6.07, 6.45) is 5.35. The summed E-state index contributed by atoms with van der Waals surface area (Å²) in [6.45, 7) is 12.3. The van der Waals surface area contributed by atoms with Gasteiger partial charge in [-0.1, -0.05) is 6.92 Å². The normalized spacial score (nSPS) is 20.7. The van der Waals surface area contributed by atoms with Crippen LogP contribution in [0.3, 0.4) is 0 Å². The molecule has 1 aromatic rings. The number of aromatic nitrogens is 2.